The second kappa shape index (κ2) is 8.21. The van der Waals surface area contributed by atoms with Crippen LogP contribution in [0.25, 0.3) is 5.76 Å². The largest absolute Gasteiger partial charge is 0.508 e. The Labute approximate surface area is 204 Å². The van der Waals surface area contributed by atoms with Crippen molar-refractivity contribution in [3.63, 3.8) is 0 Å². The zero-order valence-electron chi connectivity index (χ0n) is 18.8. The fourth-order valence-electron chi connectivity index (χ4n) is 5.68. The number of aliphatic hydroxyl groups is 4. The number of carbonyl (C=O) groups excluding carboxylic acids is 3. The number of aliphatic hydroxyl groups excluding tert-OH is 3. The van der Waals surface area contributed by atoms with E-state index in [-0.39, 0.29) is 17.9 Å². The molecule has 10 nitrogen and oxygen atoms in total. The number of nitrogens with two attached hydrogens (primary N) is 1. The summed E-state index contributed by atoms with van der Waals surface area (Å²) in [5, 5.41) is 55.2. The first-order chi connectivity index (χ1) is 17.1. The summed E-state index contributed by atoms with van der Waals surface area (Å²) in [6.07, 6.45) is -2.28. The van der Waals surface area contributed by atoms with Gasteiger partial charge in [-0.15, -0.1) is 0 Å². The molecule has 0 spiro atoms. The van der Waals surface area contributed by atoms with Crippen molar-refractivity contribution < 1.29 is 44.7 Å². The molecule has 1 saturated carbocycles. The van der Waals surface area contributed by atoms with Crippen LogP contribution in [0.2, 0.25) is 0 Å². The molecule has 10 heteroatoms. The number of Topliss-reactive ketones (excluding diaryl/α,β-unsaturated/α-hetero) is 2. The van der Waals surface area contributed by atoms with Gasteiger partial charge in [-0.25, -0.2) is 0 Å². The number of para-hydroxylation sites is 1. The Bertz CT molecular complexity index is 1360. The van der Waals surface area contributed by atoms with Crippen LogP contribution in [-0.2, 0) is 14.4 Å². The van der Waals surface area contributed by atoms with Gasteiger partial charge in [0.1, 0.15) is 28.6 Å². The highest BCUT2D eigenvalue weighted by atomic mass is 16.5. The molecular formula is C26H23NO9. The lowest BCUT2D eigenvalue weighted by molar-refractivity contribution is -0.161. The number of benzene rings is 2. The number of carbonyl (C=O) groups is 3. The Hall–Kier alpha value is -4.15. The Balaban J connectivity index is 1.70. The fraction of sp³-hybridized carbons (Fsp3) is 0.269. The molecule has 36 heavy (non-hydrogen) atoms. The number of hydrogen-bond donors (Lipinski definition) is 6. The third kappa shape index (κ3) is 3.15. The molecule has 0 unspecified atom stereocenters. The molecule has 0 aromatic heterocycles. The maximum absolute atomic E-state index is 13.7. The lowest BCUT2D eigenvalue weighted by Crippen LogP contribution is -2.64. The van der Waals surface area contributed by atoms with E-state index in [9.17, 15) is 39.9 Å². The SMILES string of the molecule is NC(=O)C1=C(O)[C@@]2(O)C(=O)C3=C(O)c4c(O)cccc4[C@H](COc4ccccc4)[C@H]3[C@H](O)[C@H]2CC1=O. The van der Waals surface area contributed by atoms with Gasteiger partial charge in [-0.05, 0) is 23.8 Å². The predicted octanol–water partition coefficient (Wildman–Crippen LogP) is 1.01. The van der Waals surface area contributed by atoms with Gasteiger partial charge in [-0.3, -0.25) is 14.4 Å². The van der Waals surface area contributed by atoms with Crippen LogP contribution in [0.4, 0.5) is 0 Å². The number of amides is 1. The Morgan fingerprint density at radius 2 is 1.75 bits per heavy atom. The quantitative estimate of drug-likeness (QED) is 0.338. The highest BCUT2D eigenvalue weighted by molar-refractivity contribution is 6.23. The lowest BCUT2D eigenvalue weighted by Gasteiger charge is -2.50. The number of ketones is 2. The van der Waals surface area contributed by atoms with Crippen molar-refractivity contribution in [2.75, 3.05) is 6.61 Å². The van der Waals surface area contributed by atoms with Crippen LogP contribution >= 0.6 is 0 Å². The minimum absolute atomic E-state index is 0.0847. The number of aromatic hydroxyl groups is 1. The van der Waals surface area contributed by atoms with E-state index in [1.165, 1.54) is 12.1 Å². The number of ether oxygens (including phenoxy) is 1. The van der Waals surface area contributed by atoms with Gasteiger partial charge in [0.2, 0.25) is 5.78 Å². The van der Waals surface area contributed by atoms with Gasteiger partial charge >= 0.3 is 0 Å². The van der Waals surface area contributed by atoms with Crippen LogP contribution in [0.5, 0.6) is 11.5 Å². The number of primary amides is 1. The van der Waals surface area contributed by atoms with Gasteiger partial charge in [0.25, 0.3) is 5.91 Å². The van der Waals surface area contributed by atoms with Crippen LogP contribution in [0.15, 0.2) is 65.4 Å². The van der Waals surface area contributed by atoms with Crippen LogP contribution in [-0.4, -0.2) is 61.3 Å². The lowest BCUT2D eigenvalue weighted by atomic mass is 9.55. The molecule has 0 bridgehead atoms. The highest BCUT2D eigenvalue weighted by Gasteiger charge is 2.65. The van der Waals surface area contributed by atoms with Gasteiger partial charge in [0.15, 0.2) is 11.4 Å². The number of phenols is 1. The summed E-state index contributed by atoms with van der Waals surface area (Å²) < 4.78 is 5.90. The van der Waals surface area contributed by atoms with Crippen LogP contribution in [0.3, 0.4) is 0 Å². The first-order valence-electron chi connectivity index (χ1n) is 11.2. The first kappa shape index (κ1) is 23.6. The third-order valence-corrected chi connectivity index (χ3v) is 7.34. The molecule has 2 aromatic carbocycles. The molecule has 3 aliphatic rings. The molecule has 1 fully saturated rings. The summed E-state index contributed by atoms with van der Waals surface area (Å²) in [4.78, 5) is 38.1. The Morgan fingerprint density at radius 3 is 2.42 bits per heavy atom. The van der Waals surface area contributed by atoms with E-state index in [0.29, 0.717) is 11.3 Å². The van der Waals surface area contributed by atoms with E-state index in [0.717, 1.165) is 0 Å². The average molecular weight is 493 g/mol. The van der Waals surface area contributed by atoms with Gasteiger partial charge < -0.3 is 36.0 Å². The van der Waals surface area contributed by atoms with E-state index < -0.39 is 76.0 Å². The first-order valence-corrected chi connectivity index (χ1v) is 11.2. The van der Waals surface area contributed by atoms with E-state index in [2.05, 4.69) is 0 Å². The summed E-state index contributed by atoms with van der Waals surface area (Å²) in [6, 6.07) is 13.2. The van der Waals surface area contributed by atoms with E-state index >= 15 is 0 Å². The summed E-state index contributed by atoms with van der Waals surface area (Å²) in [7, 11) is 0. The van der Waals surface area contributed by atoms with Gasteiger partial charge in [-0.1, -0.05) is 30.3 Å². The zero-order valence-corrected chi connectivity index (χ0v) is 18.8. The van der Waals surface area contributed by atoms with Gasteiger partial charge in [0, 0.05) is 29.7 Å². The normalized spacial score (nSPS) is 29.4. The van der Waals surface area contributed by atoms with E-state index in [4.69, 9.17) is 10.5 Å². The second-order valence-corrected chi connectivity index (χ2v) is 9.17. The Kier molecular flexibility index (Phi) is 5.38. The summed E-state index contributed by atoms with van der Waals surface area (Å²) in [5.41, 5.74) is 1.22. The van der Waals surface area contributed by atoms with E-state index in [1.807, 2.05) is 0 Å². The monoisotopic (exact) mass is 493 g/mol. The standard InChI is InChI=1S/C26H23NO9/c27-25(34)19-16(29)9-14-21(30)18-13(10-36-11-5-2-1-3-6-11)12-7-4-8-15(28)17(12)22(31)20(18)24(33)26(14,35)23(19)32/h1-8,13-14,18,21,28,30-32,35H,9-10H2,(H2,27,34)/t13-,14+,18+,21+,26+/m0/s1. The molecule has 7 N–H and O–H groups in total. The molecule has 1 amide bonds. The average Bonchev–Trinajstić information content (AvgIpc) is 2.84. The smallest absolute Gasteiger partial charge is 0.255 e. The molecule has 0 radical (unpaired) electrons. The number of fused-ring (bicyclic) bond motifs is 3. The number of rotatable bonds is 4. The molecule has 5 rings (SSSR count). The van der Waals surface area contributed by atoms with Crippen molar-refractivity contribution >= 4 is 23.2 Å². The van der Waals surface area contributed by atoms with Crippen molar-refractivity contribution in [2.24, 2.45) is 17.6 Å². The van der Waals surface area contributed by atoms with Crippen molar-refractivity contribution in [1.29, 1.82) is 0 Å². The maximum atomic E-state index is 13.7. The van der Waals surface area contributed by atoms with Crippen LogP contribution < -0.4 is 10.5 Å². The summed E-state index contributed by atoms with van der Waals surface area (Å²) in [6.45, 7) is -0.0975. The molecule has 0 aliphatic heterocycles. The molecule has 5 atom stereocenters. The van der Waals surface area contributed by atoms with Crippen molar-refractivity contribution in [3.8, 4) is 11.5 Å². The highest BCUT2D eigenvalue weighted by Crippen LogP contribution is 2.55. The summed E-state index contributed by atoms with van der Waals surface area (Å²) >= 11 is 0. The molecule has 186 valence electrons. The number of hydrogen-bond acceptors (Lipinski definition) is 9. The molecule has 0 heterocycles. The van der Waals surface area contributed by atoms with Crippen molar-refractivity contribution in [1.82, 2.24) is 0 Å². The fourth-order valence-corrected chi connectivity index (χ4v) is 5.68. The molecular weight excluding hydrogens is 470 g/mol. The van der Waals surface area contributed by atoms with E-state index in [1.54, 1.807) is 36.4 Å². The summed E-state index contributed by atoms with van der Waals surface area (Å²) in [5.74, 6) is -8.79. The van der Waals surface area contributed by atoms with Crippen molar-refractivity contribution in [3.05, 3.63) is 76.6 Å². The number of phenolic OH excluding ortho intramolecular Hbond substituents is 1. The van der Waals surface area contributed by atoms with Gasteiger partial charge in [-0.2, -0.15) is 0 Å². The minimum atomic E-state index is -2.88. The molecule has 2 aromatic rings. The zero-order chi connectivity index (χ0) is 25.9. The van der Waals surface area contributed by atoms with Crippen LogP contribution in [0.1, 0.15) is 23.5 Å². The van der Waals surface area contributed by atoms with Crippen molar-refractivity contribution in [2.45, 2.75) is 24.0 Å². The second-order valence-electron chi connectivity index (χ2n) is 9.17. The molecule has 0 saturated heterocycles. The molecule has 3 aliphatic carbocycles. The topological polar surface area (TPSA) is 188 Å². The van der Waals surface area contributed by atoms with Crippen LogP contribution in [0, 0.1) is 11.8 Å². The Morgan fingerprint density at radius 1 is 1.06 bits per heavy atom. The third-order valence-electron chi connectivity index (χ3n) is 7.34. The maximum Gasteiger partial charge on any atom is 0.255 e. The predicted molar refractivity (Wildman–Crippen MR) is 124 cm³/mol. The van der Waals surface area contributed by atoms with Gasteiger partial charge in [0.05, 0.1) is 18.3 Å². The minimum Gasteiger partial charge on any atom is -0.508 e.